The largest absolute Gasteiger partial charge is 0.493 e. The molecule has 0 saturated carbocycles. The summed E-state index contributed by atoms with van der Waals surface area (Å²) < 4.78 is 35.6. The summed E-state index contributed by atoms with van der Waals surface area (Å²) >= 11 is 5.70. The first kappa shape index (κ1) is 51.0. The van der Waals surface area contributed by atoms with E-state index in [4.69, 9.17) is 44.6 Å². The standard InChI is InChI=1S/C57H64N4O9S2/c1-37-25-46-40(15-16-43-29-41-11-7-9-13-49(41)60(43)55(46)63)31-51(37)69-35-38-26-39(28-44(27-38)59(19-20-67-23-24-68-22-21-65-4)54(62)17-18-57(2,3)72(6)71)36-70-53-33-48-47(32-52(53)66-5)56(64)61-45(34-58-48)30-42-12-8-10-14-50(42)61/h7-14,25-28,31-34,43,45H,15-24,29-30,35-36H2,1-6H3/t43-,45+,72?/m1/s1. The highest BCUT2D eigenvalue weighted by Gasteiger charge is 2.38. The Labute approximate surface area is 430 Å². The van der Waals surface area contributed by atoms with Gasteiger partial charge in [-0.3, -0.25) is 24.3 Å². The van der Waals surface area contributed by atoms with Crippen molar-refractivity contribution >= 4 is 67.3 Å². The Hall–Kier alpha value is -5.97. The number of aryl methyl sites for hydroxylation is 2. The van der Waals surface area contributed by atoms with Crippen LogP contribution < -0.4 is 28.9 Å². The molecule has 5 aromatic carbocycles. The number of rotatable bonds is 21. The van der Waals surface area contributed by atoms with Crippen LogP contribution >= 0.6 is 0 Å². The van der Waals surface area contributed by atoms with E-state index in [0.29, 0.717) is 92.0 Å². The topological polar surface area (TPSA) is 129 Å². The number of hydrogen-bond acceptors (Lipinski definition) is 11. The number of ether oxygens (including phenoxy) is 6. The molecule has 0 fully saturated rings. The summed E-state index contributed by atoms with van der Waals surface area (Å²) in [4.78, 5) is 53.2. The molecule has 0 spiro atoms. The molecule has 4 aliphatic rings. The molecule has 1 unspecified atom stereocenters. The van der Waals surface area contributed by atoms with E-state index < -0.39 is 0 Å². The highest BCUT2D eigenvalue weighted by atomic mass is 32.8. The first-order chi connectivity index (χ1) is 34.8. The highest BCUT2D eigenvalue weighted by molar-refractivity contribution is 8.29. The number of para-hydroxylation sites is 2. The smallest absolute Gasteiger partial charge is 0.261 e. The van der Waals surface area contributed by atoms with Crippen molar-refractivity contribution in [1.29, 1.82) is 0 Å². The molecule has 378 valence electrons. The van der Waals surface area contributed by atoms with E-state index in [1.165, 1.54) is 5.56 Å². The van der Waals surface area contributed by atoms with E-state index >= 15 is 0 Å². The lowest BCUT2D eigenvalue weighted by Crippen LogP contribution is -2.37. The van der Waals surface area contributed by atoms with E-state index in [1.54, 1.807) is 31.3 Å². The number of hydrogen-bond donors (Lipinski definition) is 0. The van der Waals surface area contributed by atoms with Crippen molar-refractivity contribution in [2.45, 2.75) is 89.3 Å². The summed E-state index contributed by atoms with van der Waals surface area (Å²) in [6, 6.07) is 29.5. The second kappa shape index (κ2) is 22.4. The van der Waals surface area contributed by atoms with E-state index in [9.17, 15) is 14.4 Å². The molecular formula is C57H64N4O9S2. The molecule has 4 heterocycles. The third-order valence-electron chi connectivity index (χ3n) is 14.2. The normalized spacial score (nSPS) is 17.0. The molecule has 3 amide bonds. The Bertz CT molecular complexity index is 2900. The number of benzene rings is 5. The summed E-state index contributed by atoms with van der Waals surface area (Å²) in [7, 11) is 2.86. The van der Waals surface area contributed by atoms with Crippen molar-refractivity contribution in [1.82, 2.24) is 0 Å². The Kier molecular flexibility index (Phi) is 15.9. The number of nitrogens with zero attached hydrogens (tertiary/aromatic N) is 4. The molecule has 0 aliphatic carbocycles. The average molecular weight is 1010 g/mol. The molecular weight excluding hydrogens is 949 g/mol. The molecule has 0 saturated heterocycles. The lowest BCUT2D eigenvalue weighted by atomic mass is 9.98. The van der Waals surface area contributed by atoms with Crippen molar-refractivity contribution < 1.29 is 42.8 Å². The van der Waals surface area contributed by atoms with Gasteiger partial charge in [0.05, 0.1) is 57.4 Å². The molecule has 72 heavy (non-hydrogen) atoms. The zero-order valence-corrected chi connectivity index (χ0v) is 43.7. The van der Waals surface area contributed by atoms with Gasteiger partial charge < -0.3 is 38.2 Å². The van der Waals surface area contributed by atoms with Gasteiger partial charge >= 0.3 is 0 Å². The maximum Gasteiger partial charge on any atom is 0.261 e. The van der Waals surface area contributed by atoms with Gasteiger partial charge in [0.15, 0.2) is 11.5 Å². The number of aliphatic imine (C=N–C) groups is 1. The third kappa shape index (κ3) is 11.0. The summed E-state index contributed by atoms with van der Waals surface area (Å²) in [6.07, 6.45) is 7.92. The van der Waals surface area contributed by atoms with Crippen LogP contribution in [0.25, 0.3) is 0 Å². The Balaban J connectivity index is 1.00. The number of carbonyl (C=O) groups is 3. The van der Waals surface area contributed by atoms with Gasteiger partial charge in [-0.05, 0) is 121 Å². The van der Waals surface area contributed by atoms with Crippen molar-refractivity contribution in [3.05, 3.63) is 136 Å². The molecule has 13 nitrogen and oxygen atoms in total. The van der Waals surface area contributed by atoms with Gasteiger partial charge in [-0.25, -0.2) is 0 Å². The summed E-state index contributed by atoms with van der Waals surface area (Å²) in [6.45, 7) is 8.77. The quantitative estimate of drug-likeness (QED) is 0.0657. The predicted molar refractivity (Wildman–Crippen MR) is 287 cm³/mol. The Morgan fingerprint density at radius 3 is 2.12 bits per heavy atom. The molecule has 3 atom stereocenters. The maximum atomic E-state index is 14.5. The van der Waals surface area contributed by atoms with Gasteiger partial charge in [-0.1, -0.05) is 61.4 Å². The van der Waals surface area contributed by atoms with Crippen LogP contribution in [0.15, 0.2) is 96.0 Å². The van der Waals surface area contributed by atoms with Crippen molar-refractivity contribution in [2.24, 2.45) is 4.99 Å². The van der Waals surface area contributed by atoms with E-state index in [-0.39, 0.29) is 63.8 Å². The monoisotopic (exact) mass is 1010 g/mol. The Morgan fingerprint density at radius 1 is 0.764 bits per heavy atom. The third-order valence-corrected chi connectivity index (χ3v) is 17.3. The van der Waals surface area contributed by atoms with E-state index in [0.717, 1.165) is 58.5 Å². The average Bonchev–Trinajstić information content (AvgIpc) is 3.87. The van der Waals surface area contributed by atoms with Gasteiger partial charge in [0.25, 0.3) is 11.8 Å². The van der Waals surface area contributed by atoms with Crippen LogP contribution in [0.2, 0.25) is 0 Å². The van der Waals surface area contributed by atoms with Crippen LogP contribution in [0.4, 0.5) is 22.7 Å². The molecule has 0 N–H and O–H groups in total. The van der Waals surface area contributed by atoms with E-state index in [2.05, 4.69) is 19.9 Å². The number of carbonyl (C=O) groups excluding carboxylic acids is 3. The second-order valence-corrected chi connectivity index (χ2v) is 22.9. The van der Waals surface area contributed by atoms with E-state index in [1.807, 2.05) is 102 Å². The lowest BCUT2D eigenvalue weighted by Gasteiger charge is -2.28. The fourth-order valence-corrected chi connectivity index (χ4v) is 10.6. The van der Waals surface area contributed by atoms with Crippen LogP contribution in [-0.2, 0) is 72.1 Å². The summed E-state index contributed by atoms with van der Waals surface area (Å²) in [5.74, 6) is 1.32. The van der Waals surface area contributed by atoms with Gasteiger partial charge in [-0.2, -0.15) is 0 Å². The van der Waals surface area contributed by atoms with Crippen LogP contribution in [0.3, 0.4) is 0 Å². The molecule has 5 aromatic rings. The minimum atomic E-state index is -0.323. The van der Waals surface area contributed by atoms with Gasteiger partial charge in [0.1, 0.15) is 19.0 Å². The number of methoxy groups -OCH3 is 2. The molecule has 0 aromatic heterocycles. The molecule has 0 radical (unpaired) electrons. The second-order valence-electron chi connectivity index (χ2n) is 19.4. The first-order valence-corrected chi connectivity index (χ1v) is 27.3. The maximum absolute atomic E-state index is 14.5. The van der Waals surface area contributed by atoms with Crippen LogP contribution in [-0.4, -0.2) is 101 Å². The zero-order chi connectivity index (χ0) is 50.5. The van der Waals surface area contributed by atoms with Crippen LogP contribution in [0.1, 0.15) is 87.2 Å². The van der Waals surface area contributed by atoms with Crippen molar-refractivity contribution in [3.63, 3.8) is 0 Å². The lowest BCUT2D eigenvalue weighted by molar-refractivity contribution is -0.119. The Morgan fingerprint density at radius 2 is 1.42 bits per heavy atom. The highest BCUT2D eigenvalue weighted by Crippen LogP contribution is 2.42. The van der Waals surface area contributed by atoms with Crippen molar-refractivity contribution in [2.75, 3.05) is 74.8 Å². The molecule has 15 heteroatoms. The summed E-state index contributed by atoms with van der Waals surface area (Å²) in [5, 5.41) is 0. The minimum absolute atomic E-state index is 0.0263. The SMILES string of the molecule is COCCOCCOCCN(C(=O)CCC(C)(C)S(C)=S)c1cc(COc2cc3c(cc2C)C(=O)N2c4ccccc4C[C@H]2CC3)cc(COc2cc3c(cc2OC)C(=O)N2c4ccccc4C[C@H]2C=N3)c1. The van der Waals surface area contributed by atoms with Crippen molar-refractivity contribution in [3.8, 4) is 17.2 Å². The number of fused-ring (bicyclic) bond motifs is 8. The predicted octanol–water partition coefficient (Wildman–Crippen LogP) is 9.25. The van der Waals surface area contributed by atoms with Gasteiger partial charge in [0.2, 0.25) is 5.91 Å². The van der Waals surface area contributed by atoms with Gasteiger partial charge in [-0.15, -0.1) is 9.45 Å². The van der Waals surface area contributed by atoms with Crippen LogP contribution in [0.5, 0.6) is 17.2 Å². The number of amides is 3. The fraction of sp³-hybridized carbons (Fsp3) is 0.404. The number of anilines is 3. The molecule has 4 aliphatic heterocycles. The molecule has 0 bridgehead atoms. The molecule has 9 rings (SSSR count). The minimum Gasteiger partial charge on any atom is -0.493 e. The van der Waals surface area contributed by atoms with Crippen LogP contribution in [0, 0.1) is 6.92 Å². The summed E-state index contributed by atoms with van der Waals surface area (Å²) in [5.41, 5.74) is 9.90. The first-order valence-electron chi connectivity index (χ1n) is 24.7. The van der Waals surface area contributed by atoms with Gasteiger partial charge in [0, 0.05) is 72.2 Å². The zero-order valence-electron chi connectivity index (χ0n) is 42.1. The fourth-order valence-electron chi connectivity index (χ4n) is 9.99.